The molecule has 3 amide bonds. The van der Waals surface area contributed by atoms with E-state index in [1.54, 1.807) is 4.90 Å². The monoisotopic (exact) mass is 638 g/mol. The normalized spacial score (nSPS) is 22.6. The van der Waals surface area contributed by atoms with Crippen molar-refractivity contribution in [1.29, 1.82) is 0 Å². The van der Waals surface area contributed by atoms with Crippen molar-refractivity contribution in [2.75, 3.05) is 38.6 Å². The minimum atomic E-state index is -5.07. The van der Waals surface area contributed by atoms with E-state index in [2.05, 4.69) is 0 Å². The van der Waals surface area contributed by atoms with Crippen LogP contribution in [0.25, 0.3) is 0 Å². The Hall–Kier alpha value is -3.06. The molecular formula is C29H34ClF7N4O2. The van der Waals surface area contributed by atoms with E-state index >= 15 is 0 Å². The Balaban J connectivity index is 0.00000506. The summed E-state index contributed by atoms with van der Waals surface area (Å²) < 4.78 is 94.3. The first kappa shape index (κ1) is 34.4. The second kappa shape index (κ2) is 13.3. The number of likely N-dealkylation sites (tertiary alicyclic amines) is 1. The number of amides is 3. The van der Waals surface area contributed by atoms with E-state index in [9.17, 15) is 40.3 Å². The first-order valence-corrected chi connectivity index (χ1v) is 13.6. The Kier molecular flexibility index (Phi) is 10.6. The molecule has 1 aliphatic carbocycles. The number of anilines is 1. The first-order chi connectivity index (χ1) is 19.6. The Morgan fingerprint density at radius 2 is 1.42 bits per heavy atom. The molecular weight excluding hydrogens is 605 g/mol. The summed E-state index contributed by atoms with van der Waals surface area (Å²) >= 11 is 0. The fourth-order valence-corrected chi connectivity index (χ4v) is 5.92. The summed E-state index contributed by atoms with van der Waals surface area (Å²) in [5.41, 5.74) is 2.74. The number of nitrogens with zero attached hydrogens (tertiary/aromatic N) is 3. The molecule has 2 atom stereocenters. The summed E-state index contributed by atoms with van der Waals surface area (Å²) in [6, 6.07) is 5.01. The van der Waals surface area contributed by atoms with Gasteiger partial charge in [-0.25, -0.2) is 9.18 Å². The number of carbonyl (C=O) groups is 2. The summed E-state index contributed by atoms with van der Waals surface area (Å²) in [5.74, 6) is -0.881. The number of rotatable bonds is 5. The van der Waals surface area contributed by atoms with Crippen molar-refractivity contribution in [1.82, 2.24) is 9.80 Å². The van der Waals surface area contributed by atoms with Gasteiger partial charge in [0.1, 0.15) is 5.82 Å². The van der Waals surface area contributed by atoms with Crippen molar-refractivity contribution >= 4 is 30.0 Å². The molecule has 2 N–H and O–H groups in total. The van der Waals surface area contributed by atoms with Gasteiger partial charge in [-0.3, -0.25) is 9.69 Å². The van der Waals surface area contributed by atoms with Gasteiger partial charge in [-0.15, -0.1) is 12.4 Å². The number of urea groups is 1. The highest BCUT2D eigenvalue weighted by Gasteiger charge is 2.43. The Morgan fingerprint density at radius 1 is 0.884 bits per heavy atom. The lowest BCUT2D eigenvalue weighted by molar-refractivity contribution is -0.143. The third-order valence-electron chi connectivity index (χ3n) is 8.47. The topological polar surface area (TPSA) is 69.9 Å². The third-order valence-corrected chi connectivity index (χ3v) is 8.47. The molecule has 14 heteroatoms. The Labute approximate surface area is 251 Å². The zero-order valence-electron chi connectivity index (χ0n) is 23.6. The average Bonchev–Trinajstić information content (AvgIpc) is 3.40. The van der Waals surface area contributed by atoms with E-state index in [1.807, 2.05) is 0 Å². The Bertz CT molecular complexity index is 1250. The van der Waals surface area contributed by atoms with Gasteiger partial charge in [0.25, 0.3) is 0 Å². The molecule has 0 unspecified atom stereocenters. The van der Waals surface area contributed by atoms with Gasteiger partial charge in [0.05, 0.1) is 17.2 Å². The molecule has 1 heterocycles. The molecule has 1 saturated heterocycles. The van der Waals surface area contributed by atoms with Gasteiger partial charge in [0.15, 0.2) is 0 Å². The van der Waals surface area contributed by atoms with Gasteiger partial charge >= 0.3 is 18.4 Å². The van der Waals surface area contributed by atoms with Gasteiger partial charge in [0, 0.05) is 44.7 Å². The number of nitrogens with two attached hydrogens (primary N) is 1. The molecule has 2 aromatic carbocycles. The fourth-order valence-electron chi connectivity index (χ4n) is 5.92. The molecule has 6 nitrogen and oxygen atoms in total. The zero-order chi connectivity index (χ0) is 31.0. The van der Waals surface area contributed by atoms with Crippen molar-refractivity contribution in [3.63, 3.8) is 0 Å². The minimum absolute atomic E-state index is 0. The second-order valence-electron chi connectivity index (χ2n) is 11.1. The highest BCUT2D eigenvalue weighted by atomic mass is 35.5. The quantitative estimate of drug-likeness (QED) is 0.379. The summed E-state index contributed by atoms with van der Waals surface area (Å²) in [7, 11) is 2.48. The molecule has 0 aromatic heterocycles. The maximum absolute atomic E-state index is 13.7. The molecule has 0 radical (unpaired) electrons. The highest BCUT2D eigenvalue weighted by molar-refractivity contribution is 5.92. The van der Waals surface area contributed by atoms with Crippen LogP contribution < -0.4 is 10.6 Å². The standard InChI is InChI=1S/C29H33F7N4O2.ClH/c1-38(23-12-20(28(31,32)33)11-21(13-23)29(34,35)36)27(42)39(2)25-16-40(15-24(25)18-7-9-22(30)10-8-18)26(41)19-5-3-17(14-37)4-6-19;/h7-13,17,19,24-25H,3-6,14-16,37H2,1-2H3;1H/t17-,19-,24-,25+;/m0./s1. The van der Waals surface area contributed by atoms with Crippen LogP contribution in [0.1, 0.15) is 48.3 Å². The van der Waals surface area contributed by atoms with Crippen LogP contribution in [0.3, 0.4) is 0 Å². The van der Waals surface area contributed by atoms with E-state index in [1.165, 1.54) is 36.2 Å². The van der Waals surface area contributed by atoms with E-state index in [4.69, 9.17) is 5.73 Å². The maximum Gasteiger partial charge on any atom is 0.416 e. The molecule has 2 aromatic rings. The van der Waals surface area contributed by atoms with E-state index < -0.39 is 53.0 Å². The van der Waals surface area contributed by atoms with Gasteiger partial charge in [-0.1, -0.05) is 12.1 Å². The van der Waals surface area contributed by atoms with Gasteiger partial charge in [0.2, 0.25) is 5.91 Å². The third kappa shape index (κ3) is 7.72. The summed E-state index contributed by atoms with van der Waals surface area (Å²) in [6.07, 6.45) is -7.14. The van der Waals surface area contributed by atoms with E-state index in [-0.39, 0.29) is 43.4 Å². The van der Waals surface area contributed by atoms with Gasteiger partial charge in [-0.2, -0.15) is 26.3 Å². The first-order valence-electron chi connectivity index (χ1n) is 13.6. The molecule has 238 valence electrons. The van der Waals surface area contributed by atoms with Crippen LogP contribution in [0, 0.1) is 17.7 Å². The summed E-state index contributed by atoms with van der Waals surface area (Å²) in [6.45, 7) is 0.870. The van der Waals surface area contributed by atoms with Crippen molar-refractivity contribution in [3.8, 4) is 0 Å². The lowest BCUT2D eigenvalue weighted by Crippen LogP contribution is -2.48. The Morgan fingerprint density at radius 3 is 1.91 bits per heavy atom. The van der Waals surface area contributed by atoms with Crippen molar-refractivity contribution in [2.24, 2.45) is 17.6 Å². The number of benzene rings is 2. The number of carbonyl (C=O) groups excluding carboxylic acids is 2. The van der Waals surface area contributed by atoms with Crippen molar-refractivity contribution < 1.29 is 40.3 Å². The predicted octanol–water partition coefficient (Wildman–Crippen LogP) is 6.53. The summed E-state index contributed by atoms with van der Waals surface area (Å²) in [5, 5.41) is 0. The van der Waals surface area contributed by atoms with Crippen LogP contribution in [0.4, 0.5) is 41.2 Å². The number of alkyl halides is 6. The molecule has 1 aliphatic heterocycles. The minimum Gasteiger partial charge on any atom is -0.340 e. The van der Waals surface area contributed by atoms with Crippen LogP contribution in [-0.2, 0) is 17.1 Å². The molecule has 2 fully saturated rings. The van der Waals surface area contributed by atoms with Crippen LogP contribution in [-0.4, -0.2) is 61.5 Å². The lowest BCUT2D eigenvalue weighted by atomic mass is 9.81. The van der Waals surface area contributed by atoms with Crippen molar-refractivity contribution in [2.45, 2.75) is 50.0 Å². The molecule has 1 saturated carbocycles. The number of hydrogen-bond acceptors (Lipinski definition) is 3. The zero-order valence-corrected chi connectivity index (χ0v) is 24.4. The van der Waals surface area contributed by atoms with E-state index in [0.717, 1.165) is 24.8 Å². The van der Waals surface area contributed by atoms with Gasteiger partial charge in [-0.05, 0) is 74.0 Å². The predicted molar refractivity (Wildman–Crippen MR) is 149 cm³/mol. The fraction of sp³-hybridized carbons (Fsp3) is 0.517. The van der Waals surface area contributed by atoms with Crippen LogP contribution >= 0.6 is 12.4 Å². The van der Waals surface area contributed by atoms with Crippen LogP contribution in [0.15, 0.2) is 42.5 Å². The largest absolute Gasteiger partial charge is 0.416 e. The molecule has 43 heavy (non-hydrogen) atoms. The summed E-state index contributed by atoms with van der Waals surface area (Å²) in [4.78, 5) is 30.6. The highest BCUT2D eigenvalue weighted by Crippen LogP contribution is 2.39. The molecule has 4 rings (SSSR count). The number of likely N-dealkylation sites (N-methyl/N-ethyl adjacent to an activating group) is 1. The molecule has 2 aliphatic rings. The second-order valence-corrected chi connectivity index (χ2v) is 11.1. The van der Waals surface area contributed by atoms with Gasteiger partial charge < -0.3 is 15.5 Å². The number of hydrogen-bond donors (Lipinski definition) is 1. The van der Waals surface area contributed by atoms with Crippen LogP contribution in [0.2, 0.25) is 0 Å². The lowest BCUT2D eigenvalue weighted by Gasteiger charge is -2.33. The SMILES string of the molecule is CN(C(=O)N(C)[C@@H]1CN(C(=O)[C@H]2CC[C@H](CN)CC2)C[C@H]1c1ccc(F)cc1)c1cc(C(F)(F)F)cc(C(F)(F)F)c1.Cl. The van der Waals surface area contributed by atoms with E-state index in [0.29, 0.717) is 43.0 Å². The molecule has 0 bridgehead atoms. The maximum atomic E-state index is 13.7. The smallest absolute Gasteiger partial charge is 0.340 e. The average molecular weight is 639 g/mol. The van der Waals surface area contributed by atoms with Crippen LogP contribution in [0.5, 0.6) is 0 Å². The number of halogens is 8. The van der Waals surface area contributed by atoms with Crippen molar-refractivity contribution in [3.05, 3.63) is 65.0 Å². The molecule has 0 spiro atoms.